The molecule has 0 heterocycles. The summed E-state index contributed by atoms with van der Waals surface area (Å²) in [5, 5.41) is 11.7. The Bertz CT molecular complexity index is 883. The Labute approximate surface area is 157 Å². The number of ether oxygens (including phenoxy) is 1. The molecule has 0 aromatic heterocycles. The van der Waals surface area contributed by atoms with Crippen molar-refractivity contribution < 1.29 is 32.6 Å². The van der Waals surface area contributed by atoms with Gasteiger partial charge >= 0.3 is 12.1 Å². The van der Waals surface area contributed by atoms with Crippen LogP contribution in [0, 0.1) is 6.92 Å². The van der Waals surface area contributed by atoms with Crippen LogP contribution in [0.3, 0.4) is 0 Å². The summed E-state index contributed by atoms with van der Waals surface area (Å²) in [6, 6.07) is 7.09. The summed E-state index contributed by atoms with van der Waals surface area (Å²) in [5.41, 5.74) is -1.10. The maximum atomic E-state index is 13.1. The molecule has 0 radical (unpaired) electrons. The minimum atomic E-state index is -4.74. The van der Waals surface area contributed by atoms with E-state index in [-0.39, 0.29) is 16.3 Å². The fourth-order valence-corrected chi connectivity index (χ4v) is 2.36. The fraction of sp³-hybridized carbons (Fsp3) is 0.222. The number of halogens is 4. The molecular weight excluding hydrogens is 387 g/mol. The predicted molar refractivity (Wildman–Crippen MR) is 92.8 cm³/mol. The van der Waals surface area contributed by atoms with E-state index < -0.39 is 35.4 Å². The highest BCUT2D eigenvalue weighted by Crippen LogP contribution is 2.36. The molecule has 0 fully saturated rings. The van der Waals surface area contributed by atoms with Crippen LogP contribution in [0.15, 0.2) is 36.4 Å². The van der Waals surface area contributed by atoms with E-state index in [0.717, 1.165) is 6.07 Å². The lowest BCUT2D eigenvalue weighted by Gasteiger charge is -2.17. The van der Waals surface area contributed by atoms with Crippen LogP contribution in [0.5, 0.6) is 5.75 Å². The van der Waals surface area contributed by atoms with Crippen LogP contribution in [-0.2, 0) is 15.7 Å². The van der Waals surface area contributed by atoms with Crippen molar-refractivity contribution >= 4 is 29.2 Å². The highest BCUT2D eigenvalue weighted by molar-refractivity contribution is 6.30. The van der Waals surface area contributed by atoms with Crippen molar-refractivity contribution in [2.45, 2.75) is 26.1 Å². The molecule has 9 heteroatoms. The second-order valence-corrected chi connectivity index (χ2v) is 6.18. The molecule has 0 saturated heterocycles. The first-order chi connectivity index (χ1) is 12.5. The molecular formula is C18H15ClF3NO4. The average Bonchev–Trinajstić information content (AvgIpc) is 2.55. The van der Waals surface area contributed by atoms with Crippen molar-refractivity contribution in [3.63, 3.8) is 0 Å². The van der Waals surface area contributed by atoms with Gasteiger partial charge in [-0.1, -0.05) is 17.7 Å². The number of rotatable bonds is 4. The van der Waals surface area contributed by atoms with Crippen LogP contribution >= 0.6 is 11.6 Å². The van der Waals surface area contributed by atoms with E-state index in [4.69, 9.17) is 16.3 Å². The van der Waals surface area contributed by atoms with Gasteiger partial charge in [-0.05, 0) is 49.7 Å². The number of aromatic hydroxyl groups is 1. The number of esters is 1. The van der Waals surface area contributed by atoms with Gasteiger partial charge in [0, 0.05) is 5.02 Å². The largest absolute Gasteiger partial charge is 0.507 e. The van der Waals surface area contributed by atoms with Crippen LogP contribution < -0.4 is 5.32 Å². The summed E-state index contributed by atoms with van der Waals surface area (Å²) in [6.45, 7) is 2.90. The van der Waals surface area contributed by atoms with Gasteiger partial charge in [0.05, 0.1) is 11.3 Å². The molecule has 0 spiro atoms. The standard InChI is InChI=1S/C18H15ClF3NO4/c1-9-3-5-12(15(24)7-9)17(26)27-10(2)16(25)23-14-6-4-11(19)8-13(14)18(20,21)22/h3-8,10,24H,1-2H3,(H,23,25)/t10-/m0/s1. The molecule has 144 valence electrons. The van der Waals surface area contributed by atoms with E-state index in [2.05, 4.69) is 5.32 Å². The van der Waals surface area contributed by atoms with Gasteiger partial charge in [0.1, 0.15) is 11.3 Å². The summed E-state index contributed by atoms with van der Waals surface area (Å²) < 4.78 is 44.1. The predicted octanol–water partition coefficient (Wildman–Crippen LogP) is 4.56. The van der Waals surface area contributed by atoms with Crippen molar-refractivity contribution in [2.75, 3.05) is 5.32 Å². The first-order valence-electron chi connectivity index (χ1n) is 7.67. The van der Waals surface area contributed by atoms with Crippen molar-refractivity contribution in [1.82, 2.24) is 0 Å². The highest BCUT2D eigenvalue weighted by atomic mass is 35.5. The van der Waals surface area contributed by atoms with Gasteiger partial charge in [0.2, 0.25) is 0 Å². The molecule has 2 aromatic rings. The van der Waals surface area contributed by atoms with Crippen LogP contribution in [0.1, 0.15) is 28.4 Å². The Hall–Kier alpha value is -2.74. The summed E-state index contributed by atoms with van der Waals surface area (Å²) >= 11 is 5.58. The van der Waals surface area contributed by atoms with Crippen molar-refractivity contribution in [2.24, 2.45) is 0 Å². The first-order valence-corrected chi connectivity index (χ1v) is 8.05. The van der Waals surface area contributed by atoms with Gasteiger partial charge in [-0.15, -0.1) is 0 Å². The lowest BCUT2D eigenvalue weighted by molar-refractivity contribution is -0.137. The Morgan fingerprint density at radius 2 is 1.85 bits per heavy atom. The molecule has 2 N–H and O–H groups in total. The van der Waals surface area contributed by atoms with E-state index in [1.165, 1.54) is 25.1 Å². The number of hydrogen-bond donors (Lipinski definition) is 2. The summed E-state index contributed by atoms with van der Waals surface area (Å²) in [4.78, 5) is 24.2. The van der Waals surface area contributed by atoms with Gasteiger partial charge in [0.15, 0.2) is 6.10 Å². The van der Waals surface area contributed by atoms with E-state index in [1.54, 1.807) is 13.0 Å². The van der Waals surface area contributed by atoms with Crippen LogP contribution in [-0.4, -0.2) is 23.1 Å². The number of nitrogens with one attached hydrogen (secondary N) is 1. The molecule has 0 aliphatic carbocycles. The molecule has 5 nitrogen and oxygen atoms in total. The molecule has 0 saturated carbocycles. The van der Waals surface area contributed by atoms with Crippen molar-refractivity contribution in [3.8, 4) is 5.75 Å². The Balaban J connectivity index is 2.13. The number of alkyl halides is 3. The maximum absolute atomic E-state index is 13.1. The number of carbonyl (C=O) groups excluding carboxylic acids is 2. The number of anilines is 1. The second kappa shape index (κ2) is 7.87. The molecule has 1 amide bonds. The minimum Gasteiger partial charge on any atom is -0.507 e. The van der Waals surface area contributed by atoms with E-state index in [9.17, 15) is 27.9 Å². The molecule has 1 atom stereocenters. The maximum Gasteiger partial charge on any atom is 0.418 e. The zero-order chi connectivity index (χ0) is 20.4. The molecule has 27 heavy (non-hydrogen) atoms. The first kappa shape index (κ1) is 20.6. The van der Waals surface area contributed by atoms with E-state index >= 15 is 0 Å². The second-order valence-electron chi connectivity index (χ2n) is 5.75. The summed E-state index contributed by atoms with van der Waals surface area (Å²) in [7, 11) is 0. The number of phenols is 1. The molecule has 2 rings (SSSR count). The van der Waals surface area contributed by atoms with Crippen LogP contribution in [0.25, 0.3) is 0 Å². The topological polar surface area (TPSA) is 75.6 Å². The summed E-state index contributed by atoms with van der Waals surface area (Å²) in [6.07, 6.45) is -6.14. The Morgan fingerprint density at radius 3 is 2.44 bits per heavy atom. The number of benzene rings is 2. The number of aryl methyl sites for hydroxylation is 1. The fourth-order valence-electron chi connectivity index (χ4n) is 2.19. The number of amides is 1. The molecule has 0 bridgehead atoms. The van der Waals surface area contributed by atoms with Crippen LogP contribution in [0.4, 0.5) is 18.9 Å². The zero-order valence-electron chi connectivity index (χ0n) is 14.2. The molecule has 0 aliphatic rings. The molecule has 2 aromatic carbocycles. The number of phenolic OH excluding ortho intramolecular Hbond substituents is 1. The Morgan fingerprint density at radius 1 is 1.19 bits per heavy atom. The van der Waals surface area contributed by atoms with Gasteiger partial charge in [-0.25, -0.2) is 4.79 Å². The third-order valence-electron chi connectivity index (χ3n) is 3.57. The molecule has 0 unspecified atom stereocenters. The van der Waals surface area contributed by atoms with Gasteiger partial charge < -0.3 is 15.2 Å². The van der Waals surface area contributed by atoms with Crippen molar-refractivity contribution in [3.05, 3.63) is 58.1 Å². The van der Waals surface area contributed by atoms with E-state index in [1.807, 2.05) is 0 Å². The molecule has 0 aliphatic heterocycles. The van der Waals surface area contributed by atoms with E-state index in [0.29, 0.717) is 11.6 Å². The highest BCUT2D eigenvalue weighted by Gasteiger charge is 2.34. The third kappa shape index (κ3) is 5.13. The zero-order valence-corrected chi connectivity index (χ0v) is 15.0. The lowest BCUT2D eigenvalue weighted by Crippen LogP contribution is -2.30. The van der Waals surface area contributed by atoms with Crippen LogP contribution in [0.2, 0.25) is 5.02 Å². The lowest BCUT2D eigenvalue weighted by atomic mass is 10.1. The van der Waals surface area contributed by atoms with Gasteiger partial charge in [0.25, 0.3) is 5.91 Å². The smallest absolute Gasteiger partial charge is 0.418 e. The minimum absolute atomic E-state index is 0.144. The SMILES string of the molecule is Cc1ccc(C(=O)O[C@@H](C)C(=O)Nc2ccc(Cl)cc2C(F)(F)F)c(O)c1. The quantitative estimate of drug-likeness (QED) is 0.736. The van der Waals surface area contributed by atoms with Gasteiger partial charge in [-0.2, -0.15) is 13.2 Å². The number of carbonyl (C=O) groups is 2. The Kier molecular flexibility index (Phi) is 6.00. The monoisotopic (exact) mass is 401 g/mol. The normalized spacial score (nSPS) is 12.4. The van der Waals surface area contributed by atoms with Crippen molar-refractivity contribution in [1.29, 1.82) is 0 Å². The number of hydrogen-bond acceptors (Lipinski definition) is 4. The average molecular weight is 402 g/mol. The summed E-state index contributed by atoms with van der Waals surface area (Å²) in [5.74, 6) is -2.28. The van der Waals surface area contributed by atoms with Gasteiger partial charge in [-0.3, -0.25) is 4.79 Å². The third-order valence-corrected chi connectivity index (χ3v) is 3.81.